The molecule has 0 aromatic rings. The first-order valence-corrected chi connectivity index (χ1v) is 3.72. The molecule has 1 nitrogen and oxygen atoms in total. The minimum Gasteiger partial charge on any atom is -0.344 e. The third-order valence-electron chi connectivity index (χ3n) is 1.22. The Balaban J connectivity index is 3.10. The van der Waals surface area contributed by atoms with E-state index in [4.69, 9.17) is 0 Å². The highest BCUT2D eigenvalue weighted by atomic mass is 19.3. The average molecular weight is 170 g/mol. The van der Waals surface area contributed by atoms with Gasteiger partial charge in [0.05, 0.1) is 6.61 Å². The third kappa shape index (κ3) is 6.16. The van der Waals surface area contributed by atoms with E-state index in [0.29, 0.717) is 6.42 Å². The van der Waals surface area contributed by atoms with Crippen LogP contribution in [-0.2, 0) is 4.74 Å². The third-order valence-corrected chi connectivity index (χ3v) is 1.22. The Bertz CT molecular complexity index is 87.8. The van der Waals surface area contributed by atoms with E-state index in [2.05, 4.69) is 4.74 Å². The Morgan fingerprint density at radius 2 is 1.82 bits per heavy atom. The van der Waals surface area contributed by atoms with Crippen molar-refractivity contribution < 1.29 is 17.9 Å². The van der Waals surface area contributed by atoms with Gasteiger partial charge in [0.1, 0.15) is 0 Å². The average Bonchev–Trinajstić information content (AvgIpc) is 1.97. The van der Waals surface area contributed by atoms with Gasteiger partial charge in [-0.05, 0) is 6.42 Å². The van der Waals surface area contributed by atoms with Gasteiger partial charge in [-0.2, -0.15) is 0 Å². The molecule has 0 amide bonds. The molecule has 0 aliphatic heterocycles. The first-order chi connectivity index (χ1) is 5.18. The van der Waals surface area contributed by atoms with Crippen molar-refractivity contribution in [2.45, 2.75) is 39.0 Å². The molecule has 0 fully saturated rings. The lowest BCUT2D eigenvalue weighted by molar-refractivity contribution is -0.128. The summed E-state index contributed by atoms with van der Waals surface area (Å²) in [7, 11) is 0. The quantitative estimate of drug-likeness (QED) is 0.557. The molecule has 1 unspecified atom stereocenters. The van der Waals surface area contributed by atoms with Crippen molar-refractivity contribution in [2.24, 2.45) is 0 Å². The van der Waals surface area contributed by atoms with Gasteiger partial charge >= 0.3 is 0 Å². The van der Waals surface area contributed by atoms with E-state index >= 15 is 0 Å². The highest BCUT2D eigenvalue weighted by Gasteiger charge is 2.18. The number of rotatable bonds is 6. The Labute approximate surface area is 64.5 Å². The van der Waals surface area contributed by atoms with Crippen molar-refractivity contribution in [3.05, 3.63) is 0 Å². The fourth-order valence-corrected chi connectivity index (χ4v) is 0.621. The summed E-state index contributed by atoms with van der Waals surface area (Å²) in [6.07, 6.45) is -2.93. The molecule has 0 bridgehead atoms. The number of hydrogen-bond acceptors (Lipinski definition) is 1. The monoisotopic (exact) mass is 170 g/mol. The molecule has 0 N–H and O–H groups in total. The summed E-state index contributed by atoms with van der Waals surface area (Å²) in [6, 6.07) is 0. The molecule has 0 saturated carbocycles. The van der Waals surface area contributed by atoms with Crippen LogP contribution in [0, 0.1) is 0 Å². The van der Waals surface area contributed by atoms with E-state index in [9.17, 15) is 13.2 Å². The number of unbranched alkanes of at least 4 members (excludes halogenated alkanes) is 2. The van der Waals surface area contributed by atoms with E-state index in [-0.39, 0.29) is 6.61 Å². The van der Waals surface area contributed by atoms with E-state index in [0.717, 1.165) is 12.8 Å². The normalized spacial score (nSPS) is 13.9. The molecule has 0 aliphatic carbocycles. The minimum atomic E-state index is -3.02. The smallest absolute Gasteiger partial charge is 0.293 e. The van der Waals surface area contributed by atoms with Gasteiger partial charge in [0, 0.05) is 0 Å². The fourth-order valence-electron chi connectivity index (χ4n) is 0.621. The van der Waals surface area contributed by atoms with Gasteiger partial charge in [-0.3, -0.25) is 0 Å². The molecule has 4 heteroatoms. The largest absolute Gasteiger partial charge is 0.344 e. The zero-order valence-electron chi connectivity index (χ0n) is 6.53. The van der Waals surface area contributed by atoms with Crippen LogP contribution < -0.4 is 0 Å². The fraction of sp³-hybridized carbons (Fsp3) is 1.00. The van der Waals surface area contributed by atoms with Gasteiger partial charge in [-0.25, -0.2) is 13.2 Å². The second kappa shape index (κ2) is 6.46. The number of ether oxygens (including phenoxy) is 1. The van der Waals surface area contributed by atoms with Crippen LogP contribution in [0.3, 0.4) is 0 Å². The lowest BCUT2D eigenvalue weighted by atomic mass is 10.3. The van der Waals surface area contributed by atoms with Crippen molar-refractivity contribution in [1.82, 2.24) is 0 Å². The van der Waals surface area contributed by atoms with E-state index in [1.807, 2.05) is 6.92 Å². The molecule has 0 spiro atoms. The summed E-state index contributed by atoms with van der Waals surface area (Å²) in [4.78, 5) is 0. The molecular weight excluding hydrogens is 157 g/mol. The van der Waals surface area contributed by atoms with Crippen LogP contribution in [0.15, 0.2) is 0 Å². The molecule has 0 rings (SSSR count). The highest BCUT2D eigenvalue weighted by Crippen LogP contribution is 2.07. The lowest BCUT2D eigenvalue weighted by Gasteiger charge is -2.07. The topological polar surface area (TPSA) is 9.23 Å². The molecule has 0 saturated heterocycles. The summed E-state index contributed by atoms with van der Waals surface area (Å²) in [5, 5.41) is 0. The molecule has 0 aliphatic rings. The van der Waals surface area contributed by atoms with Crippen molar-refractivity contribution >= 4 is 0 Å². The van der Waals surface area contributed by atoms with Crippen LogP contribution in [-0.4, -0.2) is 19.4 Å². The zero-order chi connectivity index (χ0) is 8.69. The van der Waals surface area contributed by atoms with Crippen LogP contribution in [0.2, 0.25) is 0 Å². The van der Waals surface area contributed by atoms with Crippen molar-refractivity contribution in [2.75, 3.05) is 6.61 Å². The number of alkyl halides is 3. The molecule has 68 valence electrons. The molecule has 0 aromatic heterocycles. The highest BCUT2D eigenvalue weighted by molar-refractivity contribution is 4.44. The Kier molecular flexibility index (Phi) is 6.31. The van der Waals surface area contributed by atoms with Gasteiger partial charge in [-0.15, -0.1) is 0 Å². The van der Waals surface area contributed by atoms with Crippen LogP contribution in [0.4, 0.5) is 13.2 Å². The first kappa shape index (κ1) is 10.8. The van der Waals surface area contributed by atoms with Gasteiger partial charge in [-0.1, -0.05) is 19.8 Å². The second-order valence-electron chi connectivity index (χ2n) is 2.26. The van der Waals surface area contributed by atoms with Gasteiger partial charge in [0.25, 0.3) is 12.8 Å². The molecular formula is C7H13F3O. The minimum absolute atomic E-state index is 0.0827. The number of halogens is 3. The predicted octanol–water partition coefficient (Wildman–Crippen LogP) is 2.75. The van der Waals surface area contributed by atoms with Crippen LogP contribution in [0.5, 0.6) is 0 Å². The molecule has 11 heavy (non-hydrogen) atoms. The Morgan fingerprint density at radius 1 is 1.18 bits per heavy atom. The Morgan fingerprint density at radius 3 is 2.27 bits per heavy atom. The zero-order valence-corrected chi connectivity index (χ0v) is 6.53. The van der Waals surface area contributed by atoms with Gasteiger partial charge in [0.2, 0.25) is 0 Å². The van der Waals surface area contributed by atoms with E-state index < -0.39 is 12.8 Å². The maximum Gasteiger partial charge on any atom is 0.293 e. The van der Waals surface area contributed by atoms with Gasteiger partial charge < -0.3 is 4.74 Å². The van der Waals surface area contributed by atoms with Crippen LogP contribution in [0.1, 0.15) is 26.2 Å². The van der Waals surface area contributed by atoms with E-state index in [1.165, 1.54) is 0 Å². The predicted molar refractivity (Wildman–Crippen MR) is 36.4 cm³/mol. The molecule has 0 heterocycles. The molecule has 0 aromatic carbocycles. The van der Waals surface area contributed by atoms with Crippen LogP contribution >= 0.6 is 0 Å². The SMILES string of the molecule is CCCCCOC(F)C(F)F. The summed E-state index contributed by atoms with van der Waals surface area (Å²) < 4.78 is 39.0. The Hall–Kier alpha value is -0.250. The van der Waals surface area contributed by atoms with Crippen molar-refractivity contribution in [3.8, 4) is 0 Å². The van der Waals surface area contributed by atoms with Crippen molar-refractivity contribution in [3.63, 3.8) is 0 Å². The standard InChI is InChI=1S/C7H13F3O/c1-2-3-4-5-11-7(10)6(8)9/h6-7H,2-5H2,1H3. The summed E-state index contributed by atoms with van der Waals surface area (Å²) in [6.45, 7) is 2.05. The maximum absolute atomic E-state index is 12.0. The summed E-state index contributed by atoms with van der Waals surface area (Å²) in [5.74, 6) is 0. The lowest BCUT2D eigenvalue weighted by Crippen LogP contribution is -2.16. The molecule has 1 atom stereocenters. The summed E-state index contributed by atoms with van der Waals surface area (Å²) >= 11 is 0. The maximum atomic E-state index is 12.0. The number of hydrogen-bond donors (Lipinski definition) is 0. The van der Waals surface area contributed by atoms with Gasteiger partial charge in [0.15, 0.2) is 0 Å². The summed E-state index contributed by atoms with van der Waals surface area (Å²) in [5.41, 5.74) is 0. The second-order valence-corrected chi connectivity index (χ2v) is 2.26. The van der Waals surface area contributed by atoms with Crippen LogP contribution in [0.25, 0.3) is 0 Å². The van der Waals surface area contributed by atoms with Crippen molar-refractivity contribution in [1.29, 1.82) is 0 Å². The molecule has 0 radical (unpaired) electrons. The first-order valence-electron chi connectivity index (χ1n) is 3.72. The van der Waals surface area contributed by atoms with E-state index in [1.54, 1.807) is 0 Å².